The zero-order valence-electron chi connectivity index (χ0n) is 21.7. The molecule has 1 aliphatic heterocycles. The van der Waals surface area contributed by atoms with Crippen molar-refractivity contribution in [3.8, 4) is 11.3 Å². The number of likely N-dealkylation sites (N-methyl/N-ethyl adjacent to an activating group) is 1. The van der Waals surface area contributed by atoms with Crippen molar-refractivity contribution in [2.75, 3.05) is 52.1 Å². The van der Waals surface area contributed by atoms with Gasteiger partial charge in [-0.15, -0.1) is 0 Å². The molecule has 2 N–H and O–H groups in total. The van der Waals surface area contributed by atoms with Crippen molar-refractivity contribution in [1.29, 1.82) is 0 Å². The SMILES string of the molecule is CN(C)C/C=C/C(=O)N1CCN([C@H]2CCC[C@@H](Nc3ncc(Cl)c(-c4c[nH]c5ccccc45)n3)C2)CC1. The Bertz CT molecular complexity index is 1250. The second kappa shape index (κ2) is 11.6. The minimum absolute atomic E-state index is 0.121. The van der Waals surface area contributed by atoms with Crippen LogP contribution in [0.15, 0.2) is 48.8 Å². The molecule has 5 rings (SSSR count). The standard InChI is InChI=1S/C28H36ClN7O/c1-34(2)12-6-11-26(37)36-15-13-35(14-16-36)21-8-5-7-20(17-21)32-28-31-19-24(29)27(33-28)23-18-30-25-10-4-3-9-22(23)25/h3-4,6,9-11,18-21,30H,5,7-8,12-17H2,1-2H3,(H,31,32,33)/b11-6+/t20-,21+/m1/s1. The van der Waals surface area contributed by atoms with Gasteiger partial charge in [0.15, 0.2) is 0 Å². The number of hydrogen-bond donors (Lipinski definition) is 2. The molecular formula is C28H36ClN7O. The number of para-hydroxylation sites is 1. The molecule has 0 bridgehead atoms. The molecule has 0 radical (unpaired) electrons. The molecule has 1 saturated carbocycles. The van der Waals surface area contributed by atoms with E-state index in [0.717, 1.165) is 74.1 Å². The van der Waals surface area contributed by atoms with Crippen molar-refractivity contribution in [2.45, 2.75) is 37.8 Å². The topological polar surface area (TPSA) is 80.4 Å². The van der Waals surface area contributed by atoms with Crippen LogP contribution in [0.4, 0.5) is 5.95 Å². The molecular weight excluding hydrogens is 486 g/mol. The fourth-order valence-electron chi connectivity index (χ4n) is 5.48. The van der Waals surface area contributed by atoms with Crippen LogP contribution in [-0.4, -0.2) is 94.5 Å². The minimum atomic E-state index is 0.121. The summed E-state index contributed by atoms with van der Waals surface area (Å²) in [6, 6.07) is 8.97. The van der Waals surface area contributed by atoms with Crippen LogP contribution in [0.3, 0.4) is 0 Å². The van der Waals surface area contributed by atoms with Gasteiger partial charge in [0.25, 0.3) is 0 Å². The van der Waals surface area contributed by atoms with Crippen molar-refractivity contribution in [2.24, 2.45) is 0 Å². The fourth-order valence-corrected chi connectivity index (χ4v) is 5.67. The van der Waals surface area contributed by atoms with Gasteiger partial charge in [-0.05, 0) is 45.8 Å². The number of amides is 1. The van der Waals surface area contributed by atoms with Gasteiger partial charge in [0.05, 0.1) is 16.9 Å². The van der Waals surface area contributed by atoms with Gasteiger partial charge in [-0.25, -0.2) is 9.97 Å². The van der Waals surface area contributed by atoms with E-state index >= 15 is 0 Å². The number of aromatic amines is 1. The largest absolute Gasteiger partial charge is 0.360 e. The molecule has 2 fully saturated rings. The van der Waals surface area contributed by atoms with Crippen LogP contribution in [0, 0.1) is 0 Å². The molecule has 0 unspecified atom stereocenters. The van der Waals surface area contributed by atoms with Gasteiger partial charge in [-0.3, -0.25) is 9.69 Å². The predicted molar refractivity (Wildman–Crippen MR) is 150 cm³/mol. The first-order valence-electron chi connectivity index (χ1n) is 13.2. The molecule has 1 amide bonds. The number of hydrogen-bond acceptors (Lipinski definition) is 6. The monoisotopic (exact) mass is 521 g/mol. The highest BCUT2D eigenvalue weighted by Gasteiger charge is 2.30. The van der Waals surface area contributed by atoms with E-state index in [1.54, 1.807) is 12.3 Å². The summed E-state index contributed by atoms with van der Waals surface area (Å²) in [4.78, 5) is 31.7. The number of carbonyl (C=O) groups is 1. The molecule has 2 aliphatic rings. The summed E-state index contributed by atoms with van der Waals surface area (Å²) in [5.41, 5.74) is 2.78. The Morgan fingerprint density at radius 2 is 2.03 bits per heavy atom. The zero-order chi connectivity index (χ0) is 25.8. The summed E-state index contributed by atoms with van der Waals surface area (Å²) in [5, 5.41) is 5.23. The molecule has 0 spiro atoms. The first-order chi connectivity index (χ1) is 18.0. The highest BCUT2D eigenvalue weighted by Crippen LogP contribution is 2.33. The van der Waals surface area contributed by atoms with Crippen LogP contribution in [0.2, 0.25) is 5.02 Å². The number of carbonyl (C=O) groups excluding carboxylic acids is 1. The molecule has 37 heavy (non-hydrogen) atoms. The second-order valence-electron chi connectivity index (χ2n) is 10.3. The maximum Gasteiger partial charge on any atom is 0.246 e. The molecule has 8 nitrogen and oxygen atoms in total. The van der Waals surface area contributed by atoms with E-state index in [4.69, 9.17) is 16.6 Å². The number of nitrogens with zero attached hydrogens (tertiary/aromatic N) is 5. The lowest BCUT2D eigenvalue weighted by Crippen LogP contribution is -2.53. The van der Waals surface area contributed by atoms with Gasteiger partial charge in [0.2, 0.25) is 11.9 Å². The van der Waals surface area contributed by atoms with Gasteiger partial charge in [0, 0.05) is 73.5 Å². The van der Waals surface area contributed by atoms with E-state index in [1.165, 1.54) is 6.42 Å². The molecule has 2 aromatic heterocycles. The molecule has 2 atom stereocenters. The minimum Gasteiger partial charge on any atom is -0.360 e. The second-order valence-corrected chi connectivity index (χ2v) is 10.7. The van der Waals surface area contributed by atoms with Gasteiger partial charge in [0.1, 0.15) is 0 Å². The van der Waals surface area contributed by atoms with E-state index in [9.17, 15) is 4.79 Å². The van der Waals surface area contributed by atoms with Gasteiger partial charge >= 0.3 is 0 Å². The van der Waals surface area contributed by atoms with Gasteiger partial charge in [-0.1, -0.05) is 35.9 Å². The lowest BCUT2D eigenvalue weighted by atomic mass is 9.89. The Labute approximate surface area is 223 Å². The highest BCUT2D eigenvalue weighted by atomic mass is 35.5. The first-order valence-corrected chi connectivity index (χ1v) is 13.6. The molecule has 3 aromatic rings. The maximum absolute atomic E-state index is 12.5. The molecule has 196 valence electrons. The van der Waals surface area contributed by atoms with E-state index in [1.807, 2.05) is 54.4 Å². The van der Waals surface area contributed by atoms with Crippen LogP contribution in [0.1, 0.15) is 25.7 Å². The third-order valence-electron chi connectivity index (χ3n) is 7.44. The Morgan fingerprint density at radius 3 is 2.84 bits per heavy atom. The molecule has 1 saturated heterocycles. The number of benzene rings is 1. The van der Waals surface area contributed by atoms with Gasteiger partial charge < -0.3 is 20.1 Å². The third-order valence-corrected chi connectivity index (χ3v) is 7.72. The summed E-state index contributed by atoms with van der Waals surface area (Å²) in [6.07, 6.45) is 11.8. The van der Waals surface area contributed by atoms with Crippen molar-refractivity contribution >= 4 is 34.4 Å². The summed E-state index contributed by atoms with van der Waals surface area (Å²) < 4.78 is 0. The number of rotatable bonds is 7. The van der Waals surface area contributed by atoms with Crippen molar-refractivity contribution in [1.82, 2.24) is 29.7 Å². The normalized spacial score (nSPS) is 21.2. The highest BCUT2D eigenvalue weighted by molar-refractivity contribution is 6.33. The molecule has 1 aromatic carbocycles. The van der Waals surface area contributed by atoms with Crippen molar-refractivity contribution in [3.05, 3.63) is 53.8 Å². The number of anilines is 1. The Hall–Kier alpha value is -2.94. The summed E-state index contributed by atoms with van der Waals surface area (Å²) in [5.74, 6) is 0.742. The van der Waals surface area contributed by atoms with E-state index in [-0.39, 0.29) is 5.91 Å². The Morgan fingerprint density at radius 1 is 1.22 bits per heavy atom. The van der Waals surface area contributed by atoms with Crippen molar-refractivity contribution in [3.63, 3.8) is 0 Å². The predicted octanol–water partition coefficient (Wildman–Crippen LogP) is 4.26. The maximum atomic E-state index is 12.5. The average molecular weight is 522 g/mol. The van der Waals surface area contributed by atoms with Crippen LogP contribution < -0.4 is 5.32 Å². The number of fused-ring (bicyclic) bond motifs is 1. The summed E-state index contributed by atoms with van der Waals surface area (Å²) in [7, 11) is 4.00. The number of piperazine rings is 1. The summed E-state index contributed by atoms with van der Waals surface area (Å²) in [6.45, 7) is 4.20. The first kappa shape index (κ1) is 25.7. The lowest BCUT2D eigenvalue weighted by molar-refractivity contribution is -0.128. The smallest absolute Gasteiger partial charge is 0.246 e. The molecule has 3 heterocycles. The molecule has 9 heteroatoms. The third kappa shape index (κ3) is 6.14. The lowest BCUT2D eigenvalue weighted by Gasteiger charge is -2.42. The number of halogens is 1. The fraction of sp³-hybridized carbons (Fsp3) is 0.464. The van der Waals surface area contributed by atoms with Crippen LogP contribution in [0.5, 0.6) is 0 Å². The van der Waals surface area contributed by atoms with E-state index in [0.29, 0.717) is 23.1 Å². The van der Waals surface area contributed by atoms with Crippen LogP contribution in [-0.2, 0) is 4.79 Å². The van der Waals surface area contributed by atoms with E-state index < -0.39 is 0 Å². The average Bonchev–Trinajstić information content (AvgIpc) is 3.34. The summed E-state index contributed by atoms with van der Waals surface area (Å²) >= 11 is 6.52. The molecule has 1 aliphatic carbocycles. The number of nitrogens with one attached hydrogen (secondary N) is 2. The Kier molecular flexibility index (Phi) is 8.08. The van der Waals surface area contributed by atoms with Crippen LogP contribution >= 0.6 is 11.6 Å². The quantitative estimate of drug-likeness (QED) is 0.452. The zero-order valence-corrected chi connectivity index (χ0v) is 22.4. The Balaban J connectivity index is 1.19. The number of H-pyrrole nitrogens is 1. The number of aromatic nitrogens is 3. The van der Waals surface area contributed by atoms with E-state index in [2.05, 4.69) is 26.3 Å². The van der Waals surface area contributed by atoms with Gasteiger partial charge in [-0.2, -0.15) is 0 Å². The van der Waals surface area contributed by atoms with Crippen LogP contribution in [0.25, 0.3) is 22.2 Å². The van der Waals surface area contributed by atoms with Crippen molar-refractivity contribution < 1.29 is 4.79 Å².